The van der Waals surface area contributed by atoms with Crippen LogP contribution >= 0.6 is 39.0 Å². The van der Waals surface area contributed by atoms with E-state index < -0.39 is 0 Å². The van der Waals surface area contributed by atoms with Gasteiger partial charge in [-0.15, -0.1) is 16.4 Å². The van der Waals surface area contributed by atoms with E-state index in [1.807, 2.05) is 6.07 Å². The summed E-state index contributed by atoms with van der Waals surface area (Å²) >= 11 is 6.02. The molecule has 2 aromatic heterocycles. The fraction of sp³-hybridized carbons (Fsp3) is 0.462. The fourth-order valence-electron chi connectivity index (χ4n) is 2.23. The number of hydrogen-bond acceptors (Lipinski definition) is 6. The van der Waals surface area contributed by atoms with Crippen LogP contribution in [0.1, 0.15) is 22.5 Å². The quantitative estimate of drug-likeness (QED) is 0.592. The Hall–Kier alpha value is -0.900. The number of carbonyl (C=O) groups is 1. The lowest BCUT2D eigenvalue weighted by Gasteiger charge is -2.10. The molecule has 22 heavy (non-hydrogen) atoms. The van der Waals surface area contributed by atoms with Gasteiger partial charge in [-0.25, -0.2) is 9.89 Å². The summed E-state index contributed by atoms with van der Waals surface area (Å²) in [4.78, 5) is 24.6. The van der Waals surface area contributed by atoms with Crippen molar-refractivity contribution >= 4 is 44.8 Å². The molecule has 3 rings (SSSR count). The standard InChI is InChI=1S/C13H14BrN3O3S2/c14-11-4-3-10(22-11)9(18)7-21-13-16-15-12(19)17(13)6-8-2-1-5-20-8/h3-4,8H,1-2,5-7H2,(H,15,19)/t8-/m1/s1. The van der Waals surface area contributed by atoms with Crippen LogP contribution in [-0.2, 0) is 11.3 Å². The molecule has 0 radical (unpaired) electrons. The van der Waals surface area contributed by atoms with Crippen LogP contribution in [0.5, 0.6) is 0 Å². The van der Waals surface area contributed by atoms with Gasteiger partial charge in [0.1, 0.15) is 0 Å². The molecule has 0 aromatic carbocycles. The van der Waals surface area contributed by atoms with E-state index in [4.69, 9.17) is 4.74 Å². The highest BCUT2D eigenvalue weighted by molar-refractivity contribution is 9.11. The zero-order valence-corrected chi connectivity index (χ0v) is 14.8. The Morgan fingerprint density at radius 3 is 3.14 bits per heavy atom. The van der Waals surface area contributed by atoms with Crippen molar-refractivity contribution in [3.05, 3.63) is 31.3 Å². The maximum absolute atomic E-state index is 12.1. The van der Waals surface area contributed by atoms with Gasteiger partial charge >= 0.3 is 5.69 Å². The predicted octanol–water partition coefficient (Wildman–Crippen LogP) is 2.55. The minimum Gasteiger partial charge on any atom is -0.376 e. The molecule has 1 fully saturated rings. The van der Waals surface area contributed by atoms with Gasteiger partial charge in [-0.1, -0.05) is 11.8 Å². The van der Waals surface area contributed by atoms with Gasteiger partial charge in [0.15, 0.2) is 10.9 Å². The summed E-state index contributed by atoms with van der Waals surface area (Å²) in [5, 5.41) is 6.98. The molecule has 0 spiro atoms. The van der Waals surface area contributed by atoms with Crippen molar-refractivity contribution in [1.29, 1.82) is 0 Å². The highest BCUT2D eigenvalue weighted by atomic mass is 79.9. The molecule has 0 bridgehead atoms. The normalized spacial score (nSPS) is 18.0. The number of thioether (sulfide) groups is 1. The third-order valence-electron chi connectivity index (χ3n) is 3.31. The molecule has 118 valence electrons. The Morgan fingerprint density at radius 1 is 1.59 bits per heavy atom. The average Bonchev–Trinajstić information content (AvgIpc) is 3.22. The van der Waals surface area contributed by atoms with E-state index in [1.165, 1.54) is 23.1 Å². The zero-order valence-electron chi connectivity index (χ0n) is 11.6. The molecule has 9 heteroatoms. The van der Waals surface area contributed by atoms with Gasteiger partial charge in [0.25, 0.3) is 0 Å². The number of rotatable bonds is 6. The van der Waals surface area contributed by atoms with Crippen LogP contribution in [0.2, 0.25) is 0 Å². The maximum Gasteiger partial charge on any atom is 0.344 e. The molecule has 3 heterocycles. The molecule has 1 atom stereocenters. The van der Waals surface area contributed by atoms with Gasteiger partial charge < -0.3 is 4.74 Å². The number of hydrogen-bond donors (Lipinski definition) is 1. The van der Waals surface area contributed by atoms with E-state index in [2.05, 4.69) is 26.1 Å². The Morgan fingerprint density at radius 2 is 2.45 bits per heavy atom. The van der Waals surface area contributed by atoms with E-state index in [9.17, 15) is 9.59 Å². The predicted molar refractivity (Wildman–Crippen MR) is 88.9 cm³/mol. The third-order valence-corrected chi connectivity index (χ3v) is 5.95. The van der Waals surface area contributed by atoms with Crippen molar-refractivity contribution < 1.29 is 9.53 Å². The summed E-state index contributed by atoms with van der Waals surface area (Å²) in [6.45, 7) is 1.22. The van der Waals surface area contributed by atoms with Gasteiger partial charge in [0.2, 0.25) is 0 Å². The van der Waals surface area contributed by atoms with Crippen LogP contribution in [0.25, 0.3) is 0 Å². The number of aromatic nitrogens is 3. The number of H-pyrrole nitrogens is 1. The van der Waals surface area contributed by atoms with Crippen LogP contribution in [0.3, 0.4) is 0 Å². The number of aromatic amines is 1. The van der Waals surface area contributed by atoms with Crippen LogP contribution in [0.15, 0.2) is 25.9 Å². The minimum absolute atomic E-state index is 0.0276. The summed E-state index contributed by atoms with van der Waals surface area (Å²) in [6.07, 6.45) is 2.02. The average molecular weight is 404 g/mol. The molecule has 1 aliphatic rings. The van der Waals surface area contributed by atoms with Crippen LogP contribution in [-0.4, -0.2) is 39.0 Å². The highest BCUT2D eigenvalue weighted by Crippen LogP contribution is 2.25. The summed E-state index contributed by atoms with van der Waals surface area (Å²) < 4.78 is 8.03. The topological polar surface area (TPSA) is 77.0 Å². The number of thiophene rings is 1. The van der Waals surface area contributed by atoms with Crippen molar-refractivity contribution in [1.82, 2.24) is 14.8 Å². The SMILES string of the molecule is O=C(CSc1n[nH]c(=O)n1C[C@H]1CCCO1)c1ccc(Br)s1. The first-order chi connectivity index (χ1) is 10.6. The Labute approximate surface area is 143 Å². The number of ketones is 1. The Kier molecular flexibility index (Phi) is 5.17. The molecule has 0 aliphatic carbocycles. The molecular formula is C13H14BrN3O3S2. The molecule has 1 aliphatic heterocycles. The molecule has 6 nitrogen and oxygen atoms in total. The van der Waals surface area contributed by atoms with Gasteiger partial charge in [-0.3, -0.25) is 9.36 Å². The molecular weight excluding hydrogens is 390 g/mol. The van der Waals surface area contributed by atoms with E-state index in [-0.39, 0.29) is 23.3 Å². The number of halogens is 1. The van der Waals surface area contributed by atoms with Gasteiger partial charge in [0.05, 0.1) is 27.1 Å². The van der Waals surface area contributed by atoms with E-state index in [1.54, 1.807) is 10.6 Å². The van der Waals surface area contributed by atoms with Crippen LogP contribution in [0, 0.1) is 0 Å². The van der Waals surface area contributed by atoms with Gasteiger partial charge in [0, 0.05) is 6.61 Å². The van der Waals surface area contributed by atoms with Crippen molar-refractivity contribution in [2.24, 2.45) is 0 Å². The lowest BCUT2D eigenvalue weighted by atomic mass is 10.2. The Bertz CT molecular complexity index is 718. The Balaban J connectivity index is 1.65. The third kappa shape index (κ3) is 3.70. The smallest absolute Gasteiger partial charge is 0.344 e. The summed E-state index contributed by atoms with van der Waals surface area (Å²) in [6, 6.07) is 3.64. The fourth-order valence-corrected chi connectivity index (χ4v) is 4.49. The zero-order chi connectivity index (χ0) is 15.5. The van der Waals surface area contributed by atoms with Crippen molar-refractivity contribution in [2.45, 2.75) is 30.6 Å². The second-order valence-corrected chi connectivity index (χ2v) is 8.28. The van der Waals surface area contributed by atoms with Crippen LogP contribution < -0.4 is 5.69 Å². The van der Waals surface area contributed by atoms with E-state index >= 15 is 0 Å². The first kappa shape index (κ1) is 16.0. The number of carbonyl (C=O) groups excluding carboxylic acids is 1. The molecule has 0 saturated carbocycles. The number of nitrogens with one attached hydrogen (secondary N) is 1. The monoisotopic (exact) mass is 403 g/mol. The molecule has 0 unspecified atom stereocenters. The van der Waals surface area contributed by atoms with E-state index in [0.29, 0.717) is 16.6 Å². The first-order valence-electron chi connectivity index (χ1n) is 6.81. The highest BCUT2D eigenvalue weighted by Gasteiger charge is 2.20. The second-order valence-electron chi connectivity index (χ2n) is 4.87. The first-order valence-corrected chi connectivity index (χ1v) is 9.41. The number of Topliss-reactive ketones (excluding diaryl/α,β-unsaturated/α-hetero) is 1. The second kappa shape index (κ2) is 7.12. The molecule has 1 N–H and O–H groups in total. The lowest BCUT2D eigenvalue weighted by Crippen LogP contribution is -2.25. The van der Waals surface area contributed by atoms with Crippen molar-refractivity contribution in [3.8, 4) is 0 Å². The van der Waals surface area contributed by atoms with Crippen molar-refractivity contribution in [2.75, 3.05) is 12.4 Å². The van der Waals surface area contributed by atoms with Gasteiger partial charge in [-0.05, 0) is 40.9 Å². The largest absolute Gasteiger partial charge is 0.376 e. The molecule has 2 aromatic rings. The summed E-state index contributed by atoms with van der Waals surface area (Å²) in [5.41, 5.74) is -0.260. The summed E-state index contributed by atoms with van der Waals surface area (Å²) in [7, 11) is 0. The maximum atomic E-state index is 12.1. The number of nitrogens with zero attached hydrogens (tertiary/aromatic N) is 2. The molecule has 1 saturated heterocycles. The van der Waals surface area contributed by atoms with Crippen LogP contribution in [0.4, 0.5) is 0 Å². The van der Waals surface area contributed by atoms with Gasteiger partial charge in [-0.2, -0.15) is 0 Å². The van der Waals surface area contributed by atoms with E-state index in [0.717, 1.165) is 23.2 Å². The summed E-state index contributed by atoms with van der Waals surface area (Å²) in [5.74, 6) is 0.280. The minimum atomic E-state index is -0.260. The molecule has 0 amide bonds. The lowest BCUT2D eigenvalue weighted by molar-refractivity contribution is 0.0941. The number of ether oxygens (including phenoxy) is 1. The van der Waals surface area contributed by atoms with Crippen molar-refractivity contribution in [3.63, 3.8) is 0 Å².